The number of carbonyl (C=O) groups excluding carboxylic acids is 2. The van der Waals surface area contributed by atoms with E-state index in [9.17, 15) is 18.0 Å². The van der Waals surface area contributed by atoms with E-state index in [0.717, 1.165) is 9.87 Å². The van der Waals surface area contributed by atoms with Gasteiger partial charge in [0.1, 0.15) is 6.04 Å². The highest BCUT2D eigenvalue weighted by Crippen LogP contribution is 2.27. The minimum atomic E-state index is -3.91. The summed E-state index contributed by atoms with van der Waals surface area (Å²) < 4.78 is 26.9. The number of hydrogen-bond acceptors (Lipinski definition) is 4. The fourth-order valence-electron chi connectivity index (χ4n) is 3.10. The van der Waals surface area contributed by atoms with Crippen molar-refractivity contribution >= 4 is 45.0 Å². The molecule has 1 N–H and O–H groups in total. The van der Waals surface area contributed by atoms with Gasteiger partial charge in [0.25, 0.3) is 0 Å². The number of nitrogens with one attached hydrogen (secondary N) is 1. The van der Waals surface area contributed by atoms with Crippen molar-refractivity contribution in [2.75, 3.05) is 13.6 Å². The van der Waals surface area contributed by atoms with Gasteiger partial charge in [-0.25, -0.2) is 8.42 Å². The van der Waals surface area contributed by atoms with Gasteiger partial charge in [0.05, 0.1) is 11.4 Å². The Morgan fingerprint density at radius 1 is 1.00 bits per heavy atom. The maximum Gasteiger partial charge on any atom is 0.243 e. The van der Waals surface area contributed by atoms with Gasteiger partial charge in [-0.05, 0) is 52.0 Å². The van der Waals surface area contributed by atoms with Crippen LogP contribution in [0, 0.1) is 6.92 Å². The number of benzene rings is 2. The monoisotopic (exact) mass is 513 g/mol. The highest BCUT2D eigenvalue weighted by molar-refractivity contribution is 7.89. The lowest BCUT2D eigenvalue weighted by Crippen LogP contribution is -2.51. The van der Waals surface area contributed by atoms with Crippen molar-refractivity contribution in [1.82, 2.24) is 14.5 Å². The highest BCUT2D eigenvalue weighted by atomic mass is 35.5. The summed E-state index contributed by atoms with van der Waals surface area (Å²) in [5.74, 6) is -0.929. The molecule has 0 aliphatic carbocycles. The smallest absolute Gasteiger partial charge is 0.243 e. The van der Waals surface area contributed by atoms with E-state index >= 15 is 0 Å². The van der Waals surface area contributed by atoms with Crippen LogP contribution in [0.4, 0.5) is 0 Å². The maximum atomic E-state index is 13.3. The summed E-state index contributed by atoms with van der Waals surface area (Å²) in [6.45, 7) is 6.53. The van der Waals surface area contributed by atoms with E-state index < -0.39 is 28.5 Å². The van der Waals surface area contributed by atoms with E-state index in [1.165, 1.54) is 24.1 Å². The number of hydrogen-bond donors (Lipinski definition) is 1. The van der Waals surface area contributed by atoms with Crippen LogP contribution in [0.3, 0.4) is 0 Å². The average Bonchev–Trinajstić information content (AvgIpc) is 2.72. The third-order valence-electron chi connectivity index (χ3n) is 5.08. The van der Waals surface area contributed by atoms with Crippen molar-refractivity contribution in [2.45, 2.75) is 51.2 Å². The van der Waals surface area contributed by atoms with Crippen LogP contribution in [-0.4, -0.2) is 55.1 Å². The number of rotatable bonds is 9. The van der Waals surface area contributed by atoms with Crippen LogP contribution in [0.2, 0.25) is 10.0 Å². The second kappa shape index (κ2) is 11.3. The molecular weight excluding hydrogens is 485 g/mol. The van der Waals surface area contributed by atoms with Gasteiger partial charge in [-0.15, -0.1) is 0 Å². The fourth-order valence-corrected chi connectivity index (χ4v) is 4.74. The first-order valence-corrected chi connectivity index (χ1v) is 12.6. The summed E-state index contributed by atoms with van der Waals surface area (Å²) in [6, 6.07) is 10.3. The molecule has 0 saturated heterocycles. The van der Waals surface area contributed by atoms with E-state index in [-0.39, 0.29) is 23.4 Å². The van der Waals surface area contributed by atoms with E-state index in [4.69, 9.17) is 23.2 Å². The minimum Gasteiger partial charge on any atom is -0.352 e. The topological polar surface area (TPSA) is 86.8 Å². The van der Waals surface area contributed by atoms with Gasteiger partial charge in [0.2, 0.25) is 21.8 Å². The molecule has 7 nitrogen and oxygen atoms in total. The van der Waals surface area contributed by atoms with Gasteiger partial charge in [0.15, 0.2) is 0 Å². The number of amides is 2. The number of aryl methyl sites for hydroxylation is 1. The number of sulfonamides is 1. The lowest BCUT2D eigenvalue weighted by Gasteiger charge is -2.31. The normalized spacial score (nSPS) is 12.6. The molecule has 10 heteroatoms. The third-order valence-corrected chi connectivity index (χ3v) is 7.60. The van der Waals surface area contributed by atoms with E-state index in [2.05, 4.69) is 5.32 Å². The Morgan fingerprint density at radius 2 is 1.55 bits per heavy atom. The molecule has 0 saturated carbocycles. The molecule has 2 aromatic rings. The van der Waals surface area contributed by atoms with Crippen molar-refractivity contribution in [2.24, 2.45) is 0 Å². The van der Waals surface area contributed by atoms with Crippen LogP contribution in [0.1, 0.15) is 31.9 Å². The predicted octanol–water partition coefficient (Wildman–Crippen LogP) is 3.86. The zero-order valence-corrected chi connectivity index (χ0v) is 21.6. The van der Waals surface area contributed by atoms with Gasteiger partial charge in [-0.3, -0.25) is 9.59 Å². The van der Waals surface area contributed by atoms with Crippen LogP contribution in [0.25, 0.3) is 0 Å². The number of halogens is 2. The van der Waals surface area contributed by atoms with Crippen LogP contribution < -0.4 is 5.32 Å². The summed E-state index contributed by atoms with van der Waals surface area (Å²) in [4.78, 5) is 27.4. The minimum absolute atomic E-state index is 0.0531. The first-order chi connectivity index (χ1) is 15.3. The molecular formula is C23H29Cl2N3O4S. The van der Waals surface area contributed by atoms with Crippen molar-refractivity contribution in [3.8, 4) is 0 Å². The molecule has 180 valence electrons. The summed E-state index contributed by atoms with van der Waals surface area (Å²) >= 11 is 12.6. The van der Waals surface area contributed by atoms with Crippen LogP contribution in [0.5, 0.6) is 0 Å². The Hall–Kier alpha value is -2.13. The summed E-state index contributed by atoms with van der Waals surface area (Å²) in [5, 5.41) is 3.47. The zero-order valence-electron chi connectivity index (χ0n) is 19.3. The van der Waals surface area contributed by atoms with Crippen LogP contribution in [-0.2, 0) is 26.2 Å². The molecule has 0 heterocycles. The Labute approximate surface area is 205 Å². The maximum absolute atomic E-state index is 13.3. The molecule has 0 bridgehead atoms. The molecule has 0 aliphatic rings. The van der Waals surface area contributed by atoms with Crippen LogP contribution >= 0.6 is 23.2 Å². The zero-order chi connectivity index (χ0) is 24.9. The third kappa shape index (κ3) is 6.93. The van der Waals surface area contributed by atoms with E-state index in [0.29, 0.717) is 15.6 Å². The molecule has 2 rings (SSSR count). The second-order valence-electron chi connectivity index (χ2n) is 8.14. The quantitative estimate of drug-likeness (QED) is 0.551. The SMILES string of the molecule is Cc1ccc(S(=O)(=O)N(C)CC(=O)N(Cc2c(Cl)cccc2Cl)[C@@H](C)C(=O)NC(C)C)cc1. The summed E-state index contributed by atoms with van der Waals surface area (Å²) in [6.07, 6.45) is 0. The number of likely N-dealkylation sites (N-methyl/N-ethyl adjacent to an activating group) is 1. The molecule has 0 fully saturated rings. The second-order valence-corrected chi connectivity index (χ2v) is 11.0. The van der Waals surface area contributed by atoms with Crippen molar-refractivity contribution < 1.29 is 18.0 Å². The molecule has 1 atom stereocenters. The molecule has 0 radical (unpaired) electrons. The van der Waals surface area contributed by atoms with E-state index in [1.54, 1.807) is 37.3 Å². The molecule has 0 unspecified atom stereocenters. The lowest BCUT2D eigenvalue weighted by atomic mass is 10.1. The molecule has 0 aromatic heterocycles. The van der Waals surface area contributed by atoms with Gasteiger partial charge in [0, 0.05) is 35.2 Å². The fraction of sp³-hybridized carbons (Fsp3) is 0.391. The standard InChI is InChI=1S/C23H29Cl2N3O4S/c1-15(2)26-23(30)17(4)28(13-19-20(24)7-6-8-21(19)25)22(29)14-27(5)33(31,32)18-11-9-16(3)10-12-18/h6-12,15,17H,13-14H2,1-5H3,(H,26,30)/t17-/m0/s1. The molecule has 0 spiro atoms. The van der Waals surface area contributed by atoms with Crippen molar-refractivity contribution in [1.29, 1.82) is 0 Å². The van der Waals surface area contributed by atoms with Gasteiger partial charge in [-0.1, -0.05) is 47.0 Å². The van der Waals surface area contributed by atoms with Gasteiger partial charge >= 0.3 is 0 Å². The van der Waals surface area contributed by atoms with Gasteiger partial charge < -0.3 is 10.2 Å². The van der Waals surface area contributed by atoms with E-state index in [1.807, 2.05) is 20.8 Å². The average molecular weight is 514 g/mol. The molecule has 0 aliphatic heterocycles. The van der Waals surface area contributed by atoms with Crippen LogP contribution in [0.15, 0.2) is 47.4 Å². The number of carbonyl (C=O) groups is 2. The first kappa shape index (κ1) is 27.1. The molecule has 2 amide bonds. The predicted molar refractivity (Wildman–Crippen MR) is 131 cm³/mol. The van der Waals surface area contributed by atoms with Gasteiger partial charge in [-0.2, -0.15) is 4.31 Å². The molecule has 2 aromatic carbocycles. The summed E-state index contributed by atoms with van der Waals surface area (Å²) in [7, 11) is -2.58. The molecule has 33 heavy (non-hydrogen) atoms. The first-order valence-electron chi connectivity index (χ1n) is 10.4. The lowest BCUT2D eigenvalue weighted by molar-refractivity contribution is -0.140. The van der Waals surface area contributed by atoms with Crippen molar-refractivity contribution in [3.63, 3.8) is 0 Å². The Kier molecular flexibility index (Phi) is 9.31. The Balaban J connectivity index is 2.34. The largest absolute Gasteiger partial charge is 0.352 e. The summed E-state index contributed by atoms with van der Waals surface area (Å²) in [5.41, 5.74) is 1.39. The van der Waals surface area contributed by atoms with Crippen molar-refractivity contribution in [3.05, 3.63) is 63.6 Å². The highest BCUT2D eigenvalue weighted by Gasteiger charge is 2.31. The Morgan fingerprint density at radius 3 is 2.06 bits per heavy atom. The Bertz CT molecular complexity index is 1080. The number of nitrogens with zero attached hydrogens (tertiary/aromatic N) is 2.